The van der Waals surface area contributed by atoms with E-state index in [-0.39, 0.29) is 0 Å². The van der Waals surface area contributed by atoms with Crippen LogP contribution in [0.1, 0.15) is 11.3 Å². The highest BCUT2D eigenvalue weighted by molar-refractivity contribution is 7.99. The molecule has 2 aromatic rings. The number of hydrogen-bond acceptors (Lipinski definition) is 4. The number of aromatic nitrogens is 2. The maximum absolute atomic E-state index is 5.93. The lowest BCUT2D eigenvalue weighted by Crippen LogP contribution is -1.92. The van der Waals surface area contributed by atoms with Crippen molar-refractivity contribution in [2.24, 2.45) is 0 Å². The summed E-state index contributed by atoms with van der Waals surface area (Å²) in [7, 11) is 0. The molecule has 0 spiro atoms. The molecule has 2 rings (SSSR count). The molecule has 0 bridgehead atoms. The second-order valence-electron chi connectivity index (χ2n) is 3.62. The Morgan fingerprint density at radius 2 is 2.00 bits per heavy atom. The molecule has 0 aliphatic heterocycles. The summed E-state index contributed by atoms with van der Waals surface area (Å²) >= 11 is 1.49. The second-order valence-corrected chi connectivity index (χ2v) is 4.63. The number of nitrogens with zero attached hydrogens (tertiary/aromatic N) is 2. The van der Waals surface area contributed by atoms with Crippen LogP contribution in [0.4, 0.5) is 5.69 Å². The van der Waals surface area contributed by atoms with Crippen LogP contribution in [0.25, 0.3) is 0 Å². The molecule has 1 aromatic carbocycles. The fraction of sp³-hybridized carbons (Fsp3) is 0.167. The van der Waals surface area contributed by atoms with Crippen LogP contribution in [0.15, 0.2) is 40.5 Å². The number of rotatable bonds is 2. The number of nitrogen functional groups attached to an aromatic ring is 1. The van der Waals surface area contributed by atoms with Crippen molar-refractivity contribution in [3.63, 3.8) is 0 Å². The maximum Gasteiger partial charge on any atom is 0.192 e. The molecule has 1 aromatic heterocycles. The van der Waals surface area contributed by atoms with Crippen LogP contribution >= 0.6 is 11.8 Å². The van der Waals surface area contributed by atoms with Gasteiger partial charge in [-0.05, 0) is 49.4 Å². The van der Waals surface area contributed by atoms with E-state index in [0.717, 1.165) is 27.0 Å². The van der Waals surface area contributed by atoms with Gasteiger partial charge in [-0.1, -0.05) is 6.07 Å². The molecule has 0 saturated carbocycles. The molecule has 0 fully saturated rings. The average Bonchev–Trinajstić information content (AvgIpc) is 2.22. The molecule has 2 N–H and O–H groups in total. The molecule has 1 heterocycles. The minimum absolute atomic E-state index is 0.732. The summed E-state index contributed by atoms with van der Waals surface area (Å²) in [6, 6.07) is 7.87. The molecule has 4 heteroatoms. The van der Waals surface area contributed by atoms with Crippen LogP contribution in [0.2, 0.25) is 0 Å². The summed E-state index contributed by atoms with van der Waals surface area (Å²) in [5, 5.41) is 0.732. The van der Waals surface area contributed by atoms with Crippen molar-refractivity contribution in [3.05, 3.63) is 41.7 Å². The summed E-state index contributed by atoms with van der Waals surface area (Å²) in [5.74, 6) is 0. The average molecular weight is 231 g/mol. The van der Waals surface area contributed by atoms with Crippen molar-refractivity contribution in [2.75, 3.05) is 5.73 Å². The molecule has 0 aliphatic rings. The van der Waals surface area contributed by atoms with Crippen molar-refractivity contribution in [1.82, 2.24) is 9.97 Å². The Labute approximate surface area is 99.1 Å². The van der Waals surface area contributed by atoms with E-state index in [9.17, 15) is 0 Å². The standard InChI is InChI=1S/C12H13N3S/c1-8-3-4-11(10(13)7-8)16-12-14-6-5-9(2)15-12/h3-7H,13H2,1-2H3. The van der Waals surface area contributed by atoms with Gasteiger partial charge in [0.1, 0.15) is 0 Å². The van der Waals surface area contributed by atoms with Gasteiger partial charge in [-0.15, -0.1) is 0 Å². The van der Waals surface area contributed by atoms with Crippen LogP contribution in [0, 0.1) is 13.8 Å². The molecule has 0 atom stereocenters. The Kier molecular flexibility index (Phi) is 3.10. The van der Waals surface area contributed by atoms with Gasteiger partial charge in [0.2, 0.25) is 0 Å². The van der Waals surface area contributed by atoms with Gasteiger partial charge in [-0.3, -0.25) is 0 Å². The van der Waals surface area contributed by atoms with Crippen molar-refractivity contribution in [3.8, 4) is 0 Å². The maximum atomic E-state index is 5.93. The fourth-order valence-electron chi connectivity index (χ4n) is 1.33. The molecule has 0 radical (unpaired) electrons. The van der Waals surface area contributed by atoms with Crippen molar-refractivity contribution >= 4 is 17.4 Å². The lowest BCUT2D eigenvalue weighted by atomic mass is 10.2. The van der Waals surface area contributed by atoms with Crippen LogP contribution < -0.4 is 5.73 Å². The van der Waals surface area contributed by atoms with Crippen LogP contribution in [0.5, 0.6) is 0 Å². The van der Waals surface area contributed by atoms with Gasteiger partial charge in [-0.25, -0.2) is 9.97 Å². The van der Waals surface area contributed by atoms with Gasteiger partial charge in [0.15, 0.2) is 5.16 Å². The summed E-state index contributed by atoms with van der Waals surface area (Å²) in [5.41, 5.74) is 8.82. The largest absolute Gasteiger partial charge is 0.398 e. The fourth-order valence-corrected chi connectivity index (χ4v) is 2.15. The van der Waals surface area contributed by atoms with Crippen molar-refractivity contribution < 1.29 is 0 Å². The Balaban J connectivity index is 2.27. The van der Waals surface area contributed by atoms with E-state index in [0.29, 0.717) is 0 Å². The summed E-state index contributed by atoms with van der Waals surface area (Å²) in [4.78, 5) is 9.52. The van der Waals surface area contributed by atoms with Crippen molar-refractivity contribution in [2.45, 2.75) is 23.9 Å². The first-order valence-electron chi connectivity index (χ1n) is 4.99. The Bertz CT molecular complexity index is 511. The monoisotopic (exact) mass is 231 g/mol. The van der Waals surface area contributed by atoms with Crippen LogP contribution in [-0.4, -0.2) is 9.97 Å². The lowest BCUT2D eigenvalue weighted by Gasteiger charge is -2.05. The molecule has 0 unspecified atom stereocenters. The third kappa shape index (κ3) is 2.52. The molecular weight excluding hydrogens is 218 g/mol. The highest BCUT2D eigenvalue weighted by atomic mass is 32.2. The SMILES string of the molecule is Cc1ccc(Sc2nccc(C)n2)c(N)c1. The molecule has 0 amide bonds. The first-order chi connectivity index (χ1) is 7.65. The number of aryl methyl sites for hydroxylation is 2. The quantitative estimate of drug-likeness (QED) is 0.638. The topological polar surface area (TPSA) is 51.8 Å². The summed E-state index contributed by atoms with van der Waals surface area (Å²) in [6.07, 6.45) is 1.76. The smallest absolute Gasteiger partial charge is 0.192 e. The van der Waals surface area contributed by atoms with E-state index in [1.807, 2.05) is 38.1 Å². The zero-order valence-electron chi connectivity index (χ0n) is 9.27. The second kappa shape index (κ2) is 4.53. The predicted molar refractivity (Wildman–Crippen MR) is 66.5 cm³/mol. The first kappa shape index (κ1) is 11.0. The molecule has 16 heavy (non-hydrogen) atoms. The van der Waals surface area contributed by atoms with Gasteiger partial charge in [0.05, 0.1) is 0 Å². The van der Waals surface area contributed by atoms with Gasteiger partial charge in [-0.2, -0.15) is 0 Å². The number of nitrogens with two attached hydrogens (primary N) is 1. The Hall–Kier alpha value is -1.55. The number of hydrogen-bond donors (Lipinski definition) is 1. The van der Waals surface area contributed by atoms with Crippen molar-refractivity contribution in [1.29, 1.82) is 0 Å². The van der Waals surface area contributed by atoms with Gasteiger partial charge in [0, 0.05) is 22.5 Å². The highest BCUT2D eigenvalue weighted by Crippen LogP contribution is 2.30. The van der Waals surface area contributed by atoms with E-state index in [2.05, 4.69) is 9.97 Å². The molecule has 3 nitrogen and oxygen atoms in total. The molecule has 82 valence electrons. The minimum atomic E-state index is 0.732. The number of anilines is 1. The van der Waals surface area contributed by atoms with Gasteiger partial charge in [0.25, 0.3) is 0 Å². The third-order valence-electron chi connectivity index (χ3n) is 2.14. The normalized spacial score (nSPS) is 10.4. The lowest BCUT2D eigenvalue weighted by molar-refractivity contribution is 0.932. The Morgan fingerprint density at radius 1 is 1.19 bits per heavy atom. The zero-order valence-corrected chi connectivity index (χ0v) is 10.1. The van der Waals surface area contributed by atoms with E-state index < -0.39 is 0 Å². The van der Waals surface area contributed by atoms with E-state index in [1.165, 1.54) is 11.8 Å². The summed E-state index contributed by atoms with van der Waals surface area (Å²) < 4.78 is 0. The molecular formula is C12H13N3S. The number of benzene rings is 1. The first-order valence-corrected chi connectivity index (χ1v) is 5.80. The van der Waals surface area contributed by atoms with E-state index in [1.54, 1.807) is 6.20 Å². The molecule has 0 saturated heterocycles. The van der Waals surface area contributed by atoms with E-state index in [4.69, 9.17) is 5.73 Å². The van der Waals surface area contributed by atoms with E-state index >= 15 is 0 Å². The third-order valence-corrected chi connectivity index (χ3v) is 3.11. The predicted octanol–water partition coefficient (Wildman–Crippen LogP) is 2.83. The zero-order chi connectivity index (χ0) is 11.5. The van der Waals surface area contributed by atoms with Gasteiger partial charge >= 0.3 is 0 Å². The minimum Gasteiger partial charge on any atom is -0.398 e. The van der Waals surface area contributed by atoms with Crippen LogP contribution in [-0.2, 0) is 0 Å². The van der Waals surface area contributed by atoms with Crippen LogP contribution in [0.3, 0.4) is 0 Å². The Morgan fingerprint density at radius 3 is 2.69 bits per heavy atom. The van der Waals surface area contributed by atoms with Gasteiger partial charge < -0.3 is 5.73 Å². The molecule has 0 aliphatic carbocycles. The highest BCUT2D eigenvalue weighted by Gasteiger charge is 2.04. The summed E-state index contributed by atoms with van der Waals surface area (Å²) in [6.45, 7) is 3.97.